The van der Waals surface area contributed by atoms with Crippen molar-refractivity contribution in [3.05, 3.63) is 47.3 Å². The smallest absolute Gasteiger partial charge is 0.329 e. The Morgan fingerprint density at radius 1 is 1.25 bits per heavy atom. The Hall–Kier alpha value is -2.63. The largest absolute Gasteiger partial charge is 0.480 e. The summed E-state index contributed by atoms with van der Waals surface area (Å²) in [5.41, 5.74) is 2.03. The lowest BCUT2D eigenvalue weighted by atomic mass is 9.95. The van der Waals surface area contributed by atoms with E-state index >= 15 is 0 Å². The molecule has 1 aliphatic carbocycles. The molecule has 1 heterocycles. The van der Waals surface area contributed by atoms with Crippen LogP contribution in [0.25, 0.3) is 5.69 Å². The molecule has 0 saturated heterocycles. The highest BCUT2D eigenvalue weighted by Crippen LogP contribution is 2.39. The van der Waals surface area contributed by atoms with Crippen molar-refractivity contribution in [3.63, 3.8) is 0 Å². The van der Waals surface area contributed by atoms with Gasteiger partial charge < -0.3 is 10.4 Å². The number of aromatic nitrogens is 2. The molecular weight excluding hydrogens is 306 g/mol. The SMILES string of the molecule is Cc1cc(C)n(-c2ccc(C(=O)N[C@@](C)(C(=O)O)C3CC3)cc2)n1. The monoisotopic (exact) mass is 327 g/mol. The molecular formula is C18H21N3O3. The lowest BCUT2D eigenvalue weighted by molar-refractivity contribution is -0.144. The van der Waals surface area contributed by atoms with Crippen molar-refractivity contribution in [3.8, 4) is 5.69 Å². The molecule has 126 valence electrons. The second kappa shape index (κ2) is 5.78. The first-order chi connectivity index (χ1) is 11.3. The Morgan fingerprint density at radius 3 is 2.33 bits per heavy atom. The molecule has 0 radical (unpaired) electrons. The highest BCUT2D eigenvalue weighted by molar-refractivity contribution is 5.98. The Kier molecular flexibility index (Phi) is 3.91. The minimum absolute atomic E-state index is 0.00734. The van der Waals surface area contributed by atoms with Gasteiger partial charge in [0.05, 0.1) is 11.4 Å². The van der Waals surface area contributed by atoms with Gasteiger partial charge in [-0.1, -0.05) is 0 Å². The maximum atomic E-state index is 12.4. The van der Waals surface area contributed by atoms with Gasteiger partial charge in [0.15, 0.2) is 0 Å². The number of aliphatic carboxylic acids is 1. The number of carboxylic acids is 1. The van der Waals surface area contributed by atoms with Crippen molar-refractivity contribution < 1.29 is 14.7 Å². The molecule has 24 heavy (non-hydrogen) atoms. The summed E-state index contributed by atoms with van der Waals surface area (Å²) in [7, 11) is 0. The highest BCUT2D eigenvalue weighted by Gasteiger charge is 2.48. The summed E-state index contributed by atoms with van der Waals surface area (Å²) in [5, 5.41) is 16.5. The van der Waals surface area contributed by atoms with Crippen molar-refractivity contribution in [2.45, 2.75) is 39.2 Å². The summed E-state index contributed by atoms with van der Waals surface area (Å²) < 4.78 is 1.81. The Morgan fingerprint density at radius 2 is 1.88 bits per heavy atom. The van der Waals surface area contributed by atoms with Crippen molar-refractivity contribution in [2.75, 3.05) is 0 Å². The quantitative estimate of drug-likeness (QED) is 0.883. The Labute approximate surface area is 140 Å². The summed E-state index contributed by atoms with van der Waals surface area (Å²) in [6.45, 7) is 5.47. The molecule has 1 aromatic heterocycles. The molecule has 2 aromatic rings. The van der Waals surface area contributed by atoms with Crippen LogP contribution < -0.4 is 5.32 Å². The van der Waals surface area contributed by atoms with Crippen LogP contribution in [-0.4, -0.2) is 32.3 Å². The number of carboxylic acid groups (broad SMARTS) is 1. The molecule has 1 fully saturated rings. The molecule has 0 unspecified atom stereocenters. The number of rotatable bonds is 5. The zero-order chi connectivity index (χ0) is 17.5. The molecule has 1 aromatic carbocycles. The number of hydrogen-bond acceptors (Lipinski definition) is 3. The molecule has 2 N–H and O–H groups in total. The zero-order valence-corrected chi connectivity index (χ0v) is 14.0. The van der Waals surface area contributed by atoms with Gasteiger partial charge in [-0.05, 0) is 69.9 Å². The van der Waals surface area contributed by atoms with Crippen LogP contribution in [0.2, 0.25) is 0 Å². The minimum atomic E-state index is -1.20. The van der Waals surface area contributed by atoms with Crippen LogP contribution in [0.5, 0.6) is 0 Å². The Balaban J connectivity index is 1.79. The van der Waals surface area contributed by atoms with Crippen LogP contribution in [0, 0.1) is 19.8 Å². The standard InChI is InChI=1S/C18H21N3O3/c1-11-10-12(2)21(20-11)15-8-4-13(5-9-15)16(22)19-18(3,17(23)24)14-6-7-14/h4-5,8-10,14H,6-7H2,1-3H3,(H,19,22)(H,23,24)/t18-/m1/s1. The number of aryl methyl sites for hydroxylation is 2. The van der Waals surface area contributed by atoms with Crippen LogP contribution in [0.1, 0.15) is 41.5 Å². The predicted molar refractivity (Wildman–Crippen MR) is 89.3 cm³/mol. The van der Waals surface area contributed by atoms with E-state index in [9.17, 15) is 14.7 Å². The number of amides is 1. The number of benzene rings is 1. The van der Waals surface area contributed by atoms with E-state index < -0.39 is 11.5 Å². The normalized spacial score (nSPS) is 16.5. The first-order valence-corrected chi connectivity index (χ1v) is 8.01. The second-order valence-corrected chi connectivity index (χ2v) is 6.62. The van der Waals surface area contributed by atoms with Crippen molar-refractivity contribution in [1.82, 2.24) is 15.1 Å². The van der Waals surface area contributed by atoms with Gasteiger partial charge in [-0.3, -0.25) is 4.79 Å². The number of nitrogens with one attached hydrogen (secondary N) is 1. The summed E-state index contributed by atoms with van der Waals surface area (Å²) in [6.07, 6.45) is 1.67. The van der Waals surface area contributed by atoms with Gasteiger partial charge in [-0.2, -0.15) is 5.10 Å². The van der Waals surface area contributed by atoms with Gasteiger partial charge in [0.2, 0.25) is 0 Å². The van der Waals surface area contributed by atoms with Gasteiger partial charge in [-0.15, -0.1) is 0 Å². The number of nitrogens with zero attached hydrogens (tertiary/aromatic N) is 2. The fourth-order valence-corrected chi connectivity index (χ4v) is 2.94. The van der Waals surface area contributed by atoms with E-state index in [0.717, 1.165) is 29.9 Å². The number of hydrogen-bond donors (Lipinski definition) is 2. The average Bonchev–Trinajstić information content (AvgIpc) is 3.33. The van der Waals surface area contributed by atoms with Crippen molar-refractivity contribution in [2.24, 2.45) is 5.92 Å². The van der Waals surface area contributed by atoms with Gasteiger partial charge in [0, 0.05) is 11.3 Å². The number of carbonyl (C=O) groups excluding carboxylic acids is 1. The van der Waals surface area contributed by atoms with Crippen LogP contribution in [0.15, 0.2) is 30.3 Å². The van der Waals surface area contributed by atoms with Gasteiger partial charge in [0.25, 0.3) is 5.91 Å². The first kappa shape index (κ1) is 16.2. The molecule has 1 atom stereocenters. The zero-order valence-electron chi connectivity index (χ0n) is 14.0. The van der Waals surface area contributed by atoms with Crippen molar-refractivity contribution in [1.29, 1.82) is 0 Å². The van der Waals surface area contributed by atoms with Gasteiger partial charge in [-0.25, -0.2) is 9.48 Å². The average molecular weight is 327 g/mol. The third-order valence-corrected chi connectivity index (χ3v) is 4.59. The molecule has 1 amide bonds. The molecule has 1 aliphatic rings. The topological polar surface area (TPSA) is 84.2 Å². The lowest BCUT2D eigenvalue weighted by Gasteiger charge is -2.26. The second-order valence-electron chi connectivity index (χ2n) is 6.62. The van der Waals surface area contributed by atoms with Crippen LogP contribution >= 0.6 is 0 Å². The molecule has 3 rings (SSSR count). The maximum absolute atomic E-state index is 12.4. The first-order valence-electron chi connectivity index (χ1n) is 8.01. The van der Waals surface area contributed by atoms with E-state index in [2.05, 4.69) is 10.4 Å². The highest BCUT2D eigenvalue weighted by atomic mass is 16.4. The molecule has 0 bridgehead atoms. The molecule has 1 saturated carbocycles. The molecule has 0 aliphatic heterocycles. The molecule has 6 heteroatoms. The minimum Gasteiger partial charge on any atom is -0.480 e. The van der Waals surface area contributed by atoms with E-state index in [-0.39, 0.29) is 11.8 Å². The molecule has 0 spiro atoms. The summed E-state index contributed by atoms with van der Waals surface area (Å²) in [6, 6.07) is 8.98. The third kappa shape index (κ3) is 2.91. The number of carbonyl (C=O) groups is 2. The van der Waals surface area contributed by atoms with E-state index in [1.165, 1.54) is 0 Å². The van der Waals surface area contributed by atoms with Crippen molar-refractivity contribution >= 4 is 11.9 Å². The molecule has 6 nitrogen and oxygen atoms in total. The van der Waals surface area contributed by atoms with E-state index in [0.29, 0.717) is 5.56 Å². The van der Waals surface area contributed by atoms with E-state index in [4.69, 9.17) is 0 Å². The summed E-state index contributed by atoms with van der Waals surface area (Å²) in [4.78, 5) is 23.9. The lowest BCUT2D eigenvalue weighted by Crippen LogP contribution is -2.54. The fraction of sp³-hybridized carbons (Fsp3) is 0.389. The fourth-order valence-electron chi connectivity index (χ4n) is 2.94. The van der Waals surface area contributed by atoms with Crippen LogP contribution in [-0.2, 0) is 4.79 Å². The summed E-state index contributed by atoms with van der Waals surface area (Å²) in [5.74, 6) is -1.35. The van der Waals surface area contributed by atoms with E-state index in [1.807, 2.05) is 36.7 Å². The third-order valence-electron chi connectivity index (χ3n) is 4.59. The Bertz CT molecular complexity index is 790. The van der Waals surface area contributed by atoms with Crippen LogP contribution in [0.4, 0.5) is 0 Å². The maximum Gasteiger partial charge on any atom is 0.329 e. The van der Waals surface area contributed by atoms with Gasteiger partial charge in [0.1, 0.15) is 5.54 Å². The van der Waals surface area contributed by atoms with Crippen LogP contribution in [0.3, 0.4) is 0 Å². The predicted octanol–water partition coefficient (Wildman–Crippen LogP) is 2.47. The van der Waals surface area contributed by atoms with E-state index in [1.54, 1.807) is 19.1 Å². The summed E-state index contributed by atoms with van der Waals surface area (Å²) >= 11 is 0. The van der Waals surface area contributed by atoms with Gasteiger partial charge >= 0.3 is 5.97 Å².